The average Bonchev–Trinajstić information content (AvgIpc) is 2.48. The third-order valence-electron chi connectivity index (χ3n) is 3.32. The molecule has 2 N–H and O–H groups in total. The molecule has 1 aliphatic rings. The van der Waals surface area contributed by atoms with E-state index in [1.54, 1.807) is 6.92 Å². The van der Waals surface area contributed by atoms with Gasteiger partial charge < -0.3 is 9.84 Å². The fourth-order valence-corrected chi connectivity index (χ4v) is 3.36. The van der Waals surface area contributed by atoms with E-state index < -0.39 is 5.92 Å². The third kappa shape index (κ3) is 3.97. The van der Waals surface area contributed by atoms with Crippen LogP contribution in [-0.2, 0) is 14.3 Å². The molecule has 1 unspecified atom stereocenters. The molecule has 1 atom stereocenters. The molecule has 0 aromatic heterocycles. The van der Waals surface area contributed by atoms with Gasteiger partial charge in [-0.1, -0.05) is 29.5 Å². The lowest BCUT2D eigenvalue weighted by Gasteiger charge is -2.25. The molecule has 118 valence electrons. The Morgan fingerprint density at radius 2 is 2.09 bits per heavy atom. The zero-order valence-electron chi connectivity index (χ0n) is 12.6. The van der Waals surface area contributed by atoms with Crippen LogP contribution in [0.25, 0.3) is 0 Å². The second-order valence-corrected chi connectivity index (χ2v) is 6.19. The maximum Gasteiger partial charge on any atom is 0.254 e. The summed E-state index contributed by atoms with van der Waals surface area (Å²) in [7, 11) is 0. The number of hydrogen-bond acceptors (Lipinski definition) is 5. The molecule has 0 saturated heterocycles. The molecule has 2 rings (SSSR count). The number of hydrogen-bond donors (Lipinski definition) is 2. The van der Waals surface area contributed by atoms with E-state index >= 15 is 0 Å². The number of imide groups is 1. The minimum atomic E-state index is -0.533. The number of carbonyl (C=O) groups is 2. The van der Waals surface area contributed by atoms with Gasteiger partial charge in [0.2, 0.25) is 5.91 Å². The molecule has 5 nitrogen and oxygen atoms in total. The number of aliphatic hydroxyl groups excluding tert-OH is 1. The van der Waals surface area contributed by atoms with Gasteiger partial charge >= 0.3 is 0 Å². The number of nitrogens with one attached hydrogen (secondary N) is 1. The summed E-state index contributed by atoms with van der Waals surface area (Å²) in [6.07, 6.45) is 0. The normalized spacial score (nSPS) is 18.6. The number of amides is 2. The smallest absolute Gasteiger partial charge is 0.254 e. The monoisotopic (exact) mass is 321 g/mol. The molecule has 0 bridgehead atoms. The number of thioether (sulfide) groups is 1. The van der Waals surface area contributed by atoms with Crippen LogP contribution < -0.4 is 5.32 Å². The molecular formula is C16H19NO4S. The van der Waals surface area contributed by atoms with E-state index in [2.05, 4.69) is 5.32 Å². The molecule has 1 aromatic carbocycles. The molecule has 0 saturated carbocycles. The van der Waals surface area contributed by atoms with Gasteiger partial charge in [0.05, 0.1) is 25.7 Å². The van der Waals surface area contributed by atoms with Gasteiger partial charge in [0.1, 0.15) is 0 Å². The highest BCUT2D eigenvalue weighted by molar-refractivity contribution is 8.03. The van der Waals surface area contributed by atoms with Crippen LogP contribution in [-0.4, -0.2) is 36.7 Å². The molecular weight excluding hydrogens is 302 g/mol. The van der Waals surface area contributed by atoms with E-state index in [1.165, 1.54) is 11.8 Å². The number of carbonyl (C=O) groups excluding carboxylic acids is 2. The van der Waals surface area contributed by atoms with Crippen LogP contribution >= 0.6 is 11.8 Å². The SMILES string of the molecule is CC1=C(Sc2cccc(C)c2)C(COCCO)C(=O)NC1=O. The first-order chi connectivity index (χ1) is 10.5. The largest absolute Gasteiger partial charge is 0.394 e. The molecule has 2 amide bonds. The van der Waals surface area contributed by atoms with Crippen LogP contribution in [0.15, 0.2) is 39.6 Å². The van der Waals surface area contributed by atoms with E-state index in [1.807, 2.05) is 31.2 Å². The Balaban J connectivity index is 2.26. The highest BCUT2D eigenvalue weighted by Crippen LogP contribution is 2.37. The highest BCUT2D eigenvalue weighted by atomic mass is 32.2. The second kappa shape index (κ2) is 7.58. The molecule has 1 aromatic rings. The van der Waals surface area contributed by atoms with Crippen molar-refractivity contribution < 1.29 is 19.4 Å². The predicted molar refractivity (Wildman–Crippen MR) is 84.3 cm³/mol. The summed E-state index contributed by atoms with van der Waals surface area (Å²) < 4.78 is 5.30. The van der Waals surface area contributed by atoms with Gasteiger partial charge in [0.15, 0.2) is 0 Å². The number of rotatable bonds is 6. The van der Waals surface area contributed by atoms with Gasteiger partial charge in [-0.05, 0) is 26.0 Å². The van der Waals surface area contributed by atoms with Crippen molar-refractivity contribution in [3.05, 3.63) is 40.3 Å². The van der Waals surface area contributed by atoms with Crippen LogP contribution in [0.5, 0.6) is 0 Å². The van der Waals surface area contributed by atoms with Crippen molar-refractivity contribution in [2.45, 2.75) is 18.7 Å². The van der Waals surface area contributed by atoms with Gasteiger partial charge in [-0.25, -0.2) is 0 Å². The zero-order valence-corrected chi connectivity index (χ0v) is 13.4. The number of ether oxygens (including phenoxy) is 1. The third-order valence-corrected chi connectivity index (χ3v) is 4.62. The molecule has 0 aliphatic carbocycles. The van der Waals surface area contributed by atoms with Gasteiger partial charge in [0.25, 0.3) is 5.91 Å². The summed E-state index contributed by atoms with van der Waals surface area (Å²) in [5.41, 5.74) is 1.65. The van der Waals surface area contributed by atoms with Crippen molar-refractivity contribution in [1.82, 2.24) is 5.32 Å². The first-order valence-electron chi connectivity index (χ1n) is 7.02. The van der Waals surface area contributed by atoms with Crippen molar-refractivity contribution in [3.63, 3.8) is 0 Å². The highest BCUT2D eigenvalue weighted by Gasteiger charge is 2.33. The van der Waals surface area contributed by atoms with Gasteiger partial charge in [0, 0.05) is 15.4 Å². The molecule has 6 heteroatoms. The van der Waals surface area contributed by atoms with Crippen molar-refractivity contribution in [1.29, 1.82) is 0 Å². The maximum absolute atomic E-state index is 12.1. The minimum Gasteiger partial charge on any atom is -0.394 e. The lowest BCUT2D eigenvalue weighted by molar-refractivity contribution is -0.132. The van der Waals surface area contributed by atoms with Crippen molar-refractivity contribution in [2.75, 3.05) is 19.8 Å². The van der Waals surface area contributed by atoms with Gasteiger partial charge in [-0.3, -0.25) is 14.9 Å². The summed E-state index contributed by atoms with van der Waals surface area (Å²) in [5.74, 6) is -1.25. The summed E-state index contributed by atoms with van der Waals surface area (Å²) in [5, 5.41) is 11.1. The topological polar surface area (TPSA) is 75.6 Å². The summed E-state index contributed by atoms with van der Waals surface area (Å²) in [4.78, 5) is 25.6. The summed E-state index contributed by atoms with van der Waals surface area (Å²) in [6.45, 7) is 3.91. The summed E-state index contributed by atoms with van der Waals surface area (Å²) >= 11 is 1.42. The van der Waals surface area contributed by atoms with Gasteiger partial charge in [-0.15, -0.1) is 0 Å². The molecule has 1 aliphatic heterocycles. The van der Waals surface area contributed by atoms with Crippen molar-refractivity contribution in [2.24, 2.45) is 5.92 Å². The Labute approximate surface area is 133 Å². The fourth-order valence-electron chi connectivity index (χ4n) is 2.16. The molecule has 0 spiro atoms. The van der Waals surface area contributed by atoms with Crippen molar-refractivity contribution in [3.8, 4) is 0 Å². The predicted octanol–water partition coefficient (Wildman–Crippen LogP) is 1.64. The molecule has 0 radical (unpaired) electrons. The zero-order chi connectivity index (χ0) is 16.1. The average molecular weight is 321 g/mol. The standard InChI is InChI=1S/C16H19NO4S/c1-10-4-3-5-12(8-10)22-14-11(2)15(19)17-16(20)13(14)9-21-7-6-18/h3-5,8,13,18H,6-7,9H2,1-2H3,(H,17,19,20). The van der Waals surface area contributed by atoms with Gasteiger partial charge in [-0.2, -0.15) is 0 Å². The summed E-state index contributed by atoms with van der Waals surface area (Å²) in [6, 6.07) is 7.88. The Kier molecular flexibility index (Phi) is 5.76. The number of benzene rings is 1. The number of aliphatic hydroxyl groups is 1. The molecule has 0 fully saturated rings. The lowest BCUT2D eigenvalue weighted by atomic mass is 10.0. The van der Waals surface area contributed by atoms with E-state index in [0.717, 1.165) is 10.5 Å². The van der Waals surface area contributed by atoms with E-state index in [-0.39, 0.29) is 31.6 Å². The Bertz CT molecular complexity index is 612. The molecule has 22 heavy (non-hydrogen) atoms. The van der Waals surface area contributed by atoms with Crippen LogP contribution in [0, 0.1) is 12.8 Å². The van der Waals surface area contributed by atoms with E-state index in [9.17, 15) is 9.59 Å². The van der Waals surface area contributed by atoms with E-state index in [4.69, 9.17) is 9.84 Å². The Hall–Kier alpha value is -1.63. The first-order valence-corrected chi connectivity index (χ1v) is 7.83. The van der Waals surface area contributed by atoms with Crippen molar-refractivity contribution >= 4 is 23.6 Å². The van der Waals surface area contributed by atoms with E-state index in [0.29, 0.717) is 10.5 Å². The first kappa shape index (κ1) is 16.7. The Morgan fingerprint density at radius 3 is 2.77 bits per heavy atom. The minimum absolute atomic E-state index is 0.101. The quantitative estimate of drug-likeness (QED) is 0.615. The van der Waals surface area contributed by atoms with Crippen LogP contribution in [0.3, 0.4) is 0 Å². The van der Waals surface area contributed by atoms with Crippen LogP contribution in [0.1, 0.15) is 12.5 Å². The fraction of sp³-hybridized carbons (Fsp3) is 0.375. The molecule has 1 heterocycles. The maximum atomic E-state index is 12.1. The lowest BCUT2D eigenvalue weighted by Crippen LogP contribution is -2.43. The second-order valence-electron chi connectivity index (χ2n) is 5.08. The van der Waals surface area contributed by atoms with Crippen LogP contribution in [0.4, 0.5) is 0 Å². The number of aryl methyl sites for hydroxylation is 1. The Morgan fingerprint density at radius 1 is 1.32 bits per heavy atom. The van der Waals surface area contributed by atoms with Crippen LogP contribution in [0.2, 0.25) is 0 Å².